The molecule has 0 bridgehead atoms. The molecule has 0 spiro atoms. The molecule has 2 aromatic rings. The van der Waals surface area contributed by atoms with Gasteiger partial charge < -0.3 is 19.0 Å². The summed E-state index contributed by atoms with van der Waals surface area (Å²) in [5.41, 5.74) is 1.55. The zero-order valence-electron chi connectivity index (χ0n) is 15.0. The number of aryl methyl sites for hydroxylation is 1. The molecule has 25 heavy (non-hydrogen) atoms. The summed E-state index contributed by atoms with van der Waals surface area (Å²) in [5.74, 6) is 0.515. The summed E-state index contributed by atoms with van der Waals surface area (Å²) >= 11 is 0. The van der Waals surface area contributed by atoms with Gasteiger partial charge in [0.2, 0.25) is 0 Å². The van der Waals surface area contributed by atoms with Gasteiger partial charge in [-0.05, 0) is 51.0 Å². The summed E-state index contributed by atoms with van der Waals surface area (Å²) in [6.07, 6.45) is 1.91. The highest BCUT2D eigenvalue weighted by Crippen LogP contribution is 2.33. The van der Waals surface area contributed by atoms with Crippen molar-refractivity contribution in [2.24, 2.45) is 0 Å². The minimum atomic E-state index is -0.535. The van der Waals surface area contributed by atoms with Crippen LogP contribution in [0, 0.1) is 6.92 Å². The third-order valence-electron chi connectivity index (χ3n) is 4.78. The van der Waals surface area contributed by atoms with Crippen LogP contribution >= 0.6 is 0 Å². The topological polar surface area (TPSA) is 68.9 Å². The van der Waals surface area contributed by atoms with Crippen molar-refractivity contribution in [1.82, 2.24) is 0 Å². The molecule has 2 atom stereocenters. The van der Waals surface area contributed by atoms with E-state index in [1.165, 1.54) is 6.07 Å². The van der Waals surface area contributed by atoms with Crippen LogP contribution in [0.5, 0.6) is 5.75 Å². The number of fused-ring (bicyclic) bond motifs is 1. The highest BCUT2D eigenvalue weighted by atomic mass is 16.5. The maximum atomic E-state index is 11.7. The third-order valence-corrected chi connectivity index (χ3v) is 4.78. The number of benzene rings is 1. The van der Waals surface area contributed by atoms with E-state index in [-0.39, 0.29) is 6.10 Å². The lowest BCUT2D eigenvalue weighted by atomic mass is 9.99. The van der Waals surface area contributed by atoms with Gasteiger partial charge in [-0.25, -0.2) is 4.79 Å². The van der Waals surface area contributed by atoms with Crippen molar-refractivity contribution >= 4 is 11.0 Å². The Morgan fingerprint density at radius 3 is 2.88 bits per heavy atom. The predicted molar refractivity (Wildman–Crippen MR) is 96.0 cm³/mol. The second-order valence-corrected chi connectivity index (χ2v) is 7.10. The van der Waals surface area contributed by atoms with Crippen LogP contribution in [-0.2, 0) is 4.74 Å². The van der Waals surface area contributed by atoms with E-state index in [4.69, 9.17) is 13.9 Å². The molecule has 2 heterocycles. The summed E-state index contributed by atoms with van der Waals surface area (Å²) in [4.78, 5) is 11.7. The van der Waals surface area contributed by atoms with E-state index < -0.39 is 17.3 Å². The molecular formula is C20H24O5. The molecule has 1 aromatic carbocycles. The van der Waals surface area contributed by atoms with Crippen molar-refractivity contribution in [3.8, 4) is 5.75 Å². The van der Waals surface area contributed by atoms with Gasteiger partial charge in [-0.3, -0.25) is 0 Å². The standard InChI is InChI=1S/C20H24O5/c1-12(15-10-17(21)20(3,4)25-15)8-9-23-16-11-18(22)24-14-7-5-6-13(2)19(14)16/h5-8,11,15,17,21H,9-10H2,1-4H3. The molecule has 0 saturated carbocycles. The Morgan fingerprint density at radius 2 is 2.20 bits per heavy atom. The Bertz CT molecular complexity index is 862. The van der Waals surface area contributed by atoms with Gasteiger partial charge in [0.05, 0.1) is 29.3 Å². The molecule has 1 aliphatic rings. The summed E-state index contributed by atoms with van der Waals surface area (Å²) < 4.78 is 17.0. The first-order valence-electron chi connectivity index (χ1n) is 8.47. The van der Waals surface area contributed by atoms with Gasteiger partial charge in [-0.15, -0.1) is 0 Å². The number of rotatable bonds is 4. The van der Waals surface area contributed by atoms with Gasteiger partial charge >= 0.3 is 5.63 Å². The Morgan fingerprint density at radius 1 is 1.44 bits per heavy atom. The lowest BCUT2D eigenvalue weighted by Gasteiger charge is -2.22. The first kappa shape index (κ1) is 17.7. The van der Waals surface area contributed by atoms with Gasteiger partial charge in [0.1, 0.15) is 17.9 Å². The third kappa shape index (κ3) is 3.62. The molecule has 1 aromatic heterocycles. The van der Waals surface area contributed by atoms with E-state index in [0.717, 1.165) is 16.5 Å². The van der Waals surface area contributed by atoms with Crippen LogP contribution in [0.1, 0.15) is 32.8 Å². The van der Waals surface area contributed by atoms with Crippen molar-refractivity contribution < 1.29 is 19.0 Å². The lowest BCUT2D eigenvalue weighted by molar-refractivity contribution is -0.0472. The number of ether oxygens (including phenoxy) is 2. The average Bonchev–Trinajstić information content (AvgIpc) is 2.80. The minimum Gasteiger partial charge on any atom is -0.488 e. The normalized spacial score (nSPS) is 23.2. The van der Waals surface area contributed by atoms with Crippen LogP contribution in [0.4, 0.5) is 0 Å². The lowest BCUT2D eigenvalue weighted by Crippen LogP contribution is -2.31. The van der Waals surface area contributed by atoms with Gasteiger partial charge in [0.25, 0.3) is 0 Å². The van der Waals surface area contributed by atoms with E-state index in [1.54, 1.807) is 6.07 Å². The molecule has 3 rings (SSSR count). The molecule has 1 fully saturated rings. The Kier molecular flexibility index (Phi) is 4.71. The molecular weight excluding hydrogens is 320 g/mol. The fraction of sp³-hybridized carbons (Fsp3) is 0.450. The fourth-order valence-electron chi connectivity index (χ4n) is 3.13. The van der Waals surface area contributed by atoms with Crippen molar-refractivity contribution in [1.29, 1.82) is 0 Å². The van der Waals surface area contributed by atoms with Crippen LogP contribution in [-0.4, -0.2) is 29.5 Å². The molecule has 0 amide bonds. The van der Waals surface area contributed by atoms with Crippen LogP contribution < -0.4 is 10.4 Å². The molecule has 0 radical (unpaired) electrons. The largest absolute Gasteiger partial charge is 0.488 e. The van der Waals surface area contributed by atoms with Crippen LogP contribution in [0.3, 0.4) is 0 Å². The zero-order chi connectivity index (χ0) is 18.2. The van der Waals surface area contributed by atoms with Gasteiger partial charge in [0, 0.05) is 6.42 Å². The van der Waals surface area contributed by atoms with Crippen molar-refractivity contribution in [3.63, 3.8) is 0 Å². The van der Waals surface area contributed by atoms with Gasteiger partial charge in [-0.2, -0.15) is 0 Å². The quantitative estimate of drug-likeness (QED) is 0.680. The average molecular weight is 344 g/mol. The van der Waals surface area contributed by atoms with Crippen molar-refractivity contribution in [2.45, 2.75) is 51.9 Å². The van der Waals surface area contributed by atoms with E-state index in [1.807, 2.05) is 45.9 Å². The first-order valence-corrected chi connectivity index (χ1v) is 8.47. The van der Waals surface area contributed by atoms with Crippen molar-refractivity contribution in [2.75, 3.05) is 6.61 Å². The molecule has 134 valence electrons. The monoisotopic (exact) mass is 344 g/mol. The number of aliphatic hydroxyl groups is 1. The maximum Gasteiger partial charge on any atom is 0.339 e. The zero-order valence-corrected chi connectivity index (χ0v) is 15.0. The SMILES string of the molecule is CC(=CCOc1cc(=O)oc2cccc(C)c12)C1CC(O)C(C)(C)O1. The van der Waals surface area contributed by atoms with E-state index >= 15 is 0 Å². The van der Waals surface area contributed by atoms with Crippen LogP contribution in [0.2, 0.25) is 0 Å². The van der Waals surface area contributed by atoms with E-state index in [0.29, 0.717) is 24.4 Å². The fourth-order valence-corrected chi connectivity index (χ4v) is 3.13. The van der Waals surface area contributed by atoms with E-state index in [9.17, 15) is 9.90 Å². The van der Waals surface area contributed by atoms with E-state index in [2.05, 4.69) is 0 Å². The van der Waals surface area contributed by atoms with Crippen molar-refractivity contribution in [3.05, 3.63) is 51.9 Å². The number of hydrogen-bond acceptors (Lipinski definition) is 5. The highest BCUT2D eigenvalue weighted by Gasteiger charge is 2.40. The minimum absolute atomic E-state index is 0.118. The van der Waals surface area contributed by atoms with Gasteiger partial charge in [-0.1, -0.05) is 12.1 Å². The smallest absolute Gasteiger partial charge is 0.339 e. The summed E-state index contributed by atoms with van der Waals surface area (Å²) in [7, 11) is 0. The summed E-state index contributed by atoms with van der Waals surface area (Å²) in [6, 6.07) is 6.93. The second kappa shape index (κ2) is 6.65. The summed E-state index contributed by atoms with van der Waals surface area (Å²) in [5, 5.41) is 10.8. The van der Waals surface area contributed by atoms with Crippen LogP contribution in [0.25, 0.3) is 11.0 Å². The highest BCUT2D eigenvalue weighted by molar-refractivity contribution is 5.86. The maximum absolute atomic E-state index is 11.7. The molecule has 1 N–H and O–H groups in total. The molecule has 0 aliphatic carbocycles. The number of aliphatic hydroxyl groups excluding tert-OH is 1. The first-order chi connectivity index (χ1) is 11.8. The molecule has 5 heteroatoms. The molecule has 5 nitrogen and oxygen atoms in total. The Balaban J connectivity index is 1.76. The Hall–Kier alpha value is -2.11. The summed E-state index contributed by atoms with van der Waals surface area (Å²) in [6.45, 7) is 8.01. The molecule has 2 unspecified atom stereocenters. The van der Waals surface area contributed by atoms with Gasteiger partial charge in [0.15, 0.2) is 0 Å². The number of hydrogen-bond donors (Lipinski definition) is 1. The molecule has 1 saturated heterocycles. The van der Waals surface area contributed by atoms with Crippen LogP contribution in [0.15, 0.2) is 45.1 Å². The second-order valence-electron chi connectivity index (χ2n) is 7.10. The predicted octanol–water partition coefficient (Wildman–Crippen LogP) is 3.35. The Labute approximate surface area is 146 Å². The molecule has 1 aliphatic heterocycles.